The molecule has 0 rings (SSSR count). The molecule has 0 N–H and O–H groups in total. The smallest absolute Gasteiger partial charge is 0.306 e. The van der Waals surface area contributed by atoms with Crippen molar-refractivity contribution in [1.29, 1.82) is 0 Å². The molecule has 360 valence electrons. The molecule has 0 aromatic rings. The molecule has 6 heteroatoms. The normalized spacial score (nSPS) is 12.4. The summed E-state index contributed by atoms with van der Waals surface area (Å²) in [5.74, 6) is -0.964. The molecule has 1 atom stereocenters. The molecule has 0 saturated carbocycles. The quantitative estimate of drug-likeness (QED) is 0.0262. The number of ether oxygens (including phenoxy) is 3. The van der Waals surface area contributed by atoms with Crippen LogP contribution >= 0.6 is 0 Å². The van der Waals surface area contributed by atoms with Gasteiger partial charge in [0, 0.05) is 19.3 Å². The molecule has 0 aliphatic rings. The van der Waals surface area contributed by atoms with Crippen molar-refractivity contribution in [3.05, 3.63) is 48.6 Å². The van der Waals surface area contributed by atoms with E-state index in [1.54, 1.807) is 0 Å². The van der Waals surface area contributed by atoms with E-state index in [2.05, 4.69) is 63.3 Å². The zero-order chi connectivity index (χ0) is 45.1. The van der Waals surface area contributed by atoms with E-state index < -0.39 is 6.10 Å². The van der Waals surface area contributed by atoms with Gasteiger partial charge in [-0.25, -0.2) is 0 Å². The second-order valence-corrected chi connectivity index (χ2v) is 17.8. The van der Waals surface area contributed by atoms with Crippen molar-refractivity contribution in [2.24, 2.45) is 0 Å². The van der Waals surface area contributed by atoms with Gasteiger partial charge in [0.25, 0.3) is 0 Å². The molecule has 0 amide bonds. The third kappa shape index (κ3) is 48.4. The molecule has 0 spiro atoms. The van der Waals surface area contributed by atoms with Crippen molar-refractivity contribution in [2.45, 2.75) is 277 Å². The van der Waals surface area contributed by atoms with Crippen LogP contribution in [0.3, 0.4) is 0 Å². The molecule has 62 heavy (non-hydrogen) atoms. The lowest BCUT2D eigenvalue weighted by molar-refractivity contribution is -0.166. The predicted molar refractivity (Wildman–Crippen MR) is 265 cm³/mol. The lowest BCUT2D eigenvalue weighted by Gasteiger charge is -2.18. The zero-order valence-corrected chi connectivity index (χ0v) is 41.1. The summed E-state index contributed by atoms with van der Waals surface area (Å²) >= 11 is 0. The second kappa shape index (κ2) is 51.0. The van der Waals surface area contributed by atoms with Crippen molar-refractivity contribution < 1.29 is 28.6 Å². The highest BCUT2D eigenvalue weighted by Gasteiger charge is 2.19. The number of hydrogen-bond acceptors (Lipinski definition) is 6. The first kappa shape index (κ1) is 59.4. The second-order valence-electron chi connectivity index (χ2n) is 17.8. The number of esters is 3. The van der Waals surface area contributed by atoms with Gasteiger partial charge in [0.2, 0.25) is 0 Å². The highest BCUT2D eigenvalue weighted by Crippen LogP contribution is 2.16. The van der Waals surface area contributed by atoms with E-state index in [0.29, 0.717) is 19.3 Å². The first-order valence-corrected chi connectivity index (χ1v) is 26.6. The largest absolute Gasteiger partial charge is 0.462 e. The van der Waals surface area contributed by atoms with E-state index in [1.807, 2.05) is 6.08 Å². The molecular formula is C56H100O6. The topological polar surface area (TPSA) is 78.9 Å². The van der Waals surface area contributed by atoms with Gasteiger partial charge in [-0.15, -0.1) is 0 Å². The van der Waals surface area contributed by atoms with Crippen LogP contribution in [0.2, 0.25) is 0 Å². The Hall–Kier alpha value is -2.63. The minimum Gasteiger partial charge on any atom is -0.462 e. The maximum Gasteiger partial charge on any atom is 0.306 e. The minimum absolute atomic E-state index is 0.0908. The Morgan fingerprint density at radius 1 is 0.339 bits per heavy atom. The third-order valence-corrected chi connectivity index (χ3v) is 11.6. The summed E-state index contributed by atoms with van der Waals surface area (Å²) in [5.41, 5.74) is 0. The van der Waals surface area contributed by atoms with Gasteiger partial charge < -0.3 is 14.2 Å². The van der Waals surface area contributed by atoms with Gasteiger partial charge in [-0.1, -0.05) is 256 Å². The minimum atomic E-state index is -0.796. The molecule has 0 radical (unpaired) electrons. The number of rotatable bonds is 48. The number of unbranched alkanes of at least 4 members (excludes halogenated alkanes) is 29. The van der Waals surface area contributed by atoms with Crippen molar-refractivity contribution in [3.8, 4) is 0 Å². The Kier molecular flexibility index (Phi) is 48.8. The number of allylic oxidation sites excluding steroid dienone is 8. The monoisotopic (exact) mass is 869 g/mol. The van der Waals surface area contributed by atoms with Gasteiger partial charge in [0.15, 0.2) is 6.10 Å². The number of hydrogen-bond donors (Lipinski definition) is 0. The van der Waals surface area contributed by atoms with Crippen LogP contribution in [0.5, 0.6) is 0 Å². The summed E-state index contributed by atoms with van der Waals surface area (Å²) in [4.78, 5) is 38.0. The van der Waals surface area contributed by atoms with E-state index in [-0.39, 0.29) is 37.5 Å². The van der Waals surface area contributed by atoms with Crippen molar-refractivity contribution in [1.82, 2.24) is 0 Å². The standard InChI is InChI=1S/C56H100O6/c1-4-7-10-13-16-19-22-25-27-29-31-34-37-40-43-46-49-55(58)61-52-53(51-60-54(57)48-45-42-39-36-33-30-24-21-18-15-12-9-6-3)62-56(59)50-47-44-41-38-35-32-28-26-23-20-17-14-11-8-5-2/h9,12,18,21,30,33,39,42,53H,4-8,10-11,13-17,19-20,22-29,31-32,34-38,40-41,43-52H2,1-3H3/b12-9-,21-18-,33-30-,42-39-. The lowest BCUT2D eigenvalue weighted by Crippen LogP contribution is -2.30. The highest BCUT2D eigenvalue weighted by atomic mass is 16.6. The fourth-order valence-corrected chi connectivity index (χ4v) is 7.63. The highest BCUT2D eigenvalue weighted by molar-refractivity contribution is 5.71. The summed E-state index contributed by atoms with van der Waals surface area (Å²) in [5, 5.41) is 0. The van der Waals surface area contributed by atoms with Crippen LogP contribution in [-0.4, -0.2) is 37.2 Å². The Morgan fingerprint density at radius 3 is 0.984 bits per heavy atom. The molecule has 0 aromatic heterocycles. The molecular weight excluding hydrogens is 769 g/mol. The van der Waals surface area contributed by atoms with Gasteiger partial charge in [-0.2, -0.15) is 0 Å². The molecule has 0 aliphatic heterocycles. The Balaban J connectivity index is 4.40. The van der Waals surface area contributed by atoms with Crippen LogP contribution in [0.4, 0.5) is 0 Å². The fraction of sp³-hybridized carbons (Fsp3) is 0.804. The number of carbonyl (C=O) groups is 3. The van der Waals surface area contributed by atoms with Gasteiger partial charge in [0.1, 0.15) is 13.2 Å². The molecule has 6 nitrogen and oxygen atoms in total. The van der Waals surface area contributed by atoms with Gasteiger partial charge in [-0.3, -0.25) is 14.4 Å². The summed E-state index contributed by atoms with van der Waals surface area (Å²) in [6, 6.07) is 0. The van der Waals surface area contributed by atoms with Crippen LogP contribution in [0, 0.1) is 0 Å². The van der Waals surface area contributed by atoms with Crippen LogP contribution < -0.4 is 0 Å². The summed E-state index contributed by atoms with van der Waals surface area (Å²) in [7, 11) is 0. The van der Waals surface area contributed by atoms with Crippen LogP contribution in [0.1, 0.15) is 271 Å². The predicted octanol–water partition coefficient (Wildman–Crippen LogP) is 17.5. The van der Waals surface area contributed by atoms with E-state index in [4.69, 9.17) is 14.2 Å². The van der Waals surface area contributed by atoms with Gasteiger partial charge in [0.05, 0.1) is 0 Å². The lowest BCUT2D eigenvalue weighted by atomic mass is 10.0. The number of carbonyl (C=O) groups excluding carboxylic acids is 3. The fourth-order valence-electron chi connectivity index (χ4n) is 7.63. The van der Waals surface area contributed by atoms with E-state index in [0.717, 1.165) is 64.2 Å². The maximum atomic E-state index is 12.8. The first-order chi connectivity index (χ1) is 30.5. The maximum absolute atomic E-state index is 12.8. The molecule has 1 unspecified atom stereocenters. The van der Waals surface area contributed by atoms with Gasteiger partial charge in [-0.05, 0) is 44.9 Å². The van der Waals surface area contributed by atoms with E-state index in [1.165, 1.54) is 161 Å². The molecule has 0 saturated heterocycles. The van der Waals surface area contributed by atoms with Crippen LogP contribution in [0.15, 0.2) is 48.6 Å². The average Bonchev–Trinajstić information content (AvgIpc) is 3.27. The van der Waals surface area contributed by atoms with Crippen LogP contribution in [-0.2, 0) is 28.6 Å². The summed E-state index contributed by atoms with van der Waals surface area (Å²) in [6.07, 6.45) is 61.1. The molecule has 0 bridgehead atoms. The van der Waals surface area contributed by atoms with E-state index >= 15 is 0 Å². The zero-order valence-electron chi connectivity index (χ0n) is 41.1. The van der Waals surface area contributed by atoms with Crippen molar-refractivity contribution in [2.75, 3.05) is 13.2 Å². The molecule has 0 aromatic carbocycles. The Labute approximate surface area is 384 Å². The molecule has 0 heterocycles. The summed E-state index contributed by atoms with van der Waals surface area (Å²) < 4.78 is 16.7. The molecule has 0 aliphatic carbocycles. The first-order valence-electron chi connectivity index (χ1n) is 26.6. The Bertz CT molecular complexity index is 1090. The summed E-state index contributed by atoms with van der Waals surface area (Å²) in [6.45, 7) is 6.49. The van der Waals surface area contributed by atoms with Crippen molar-refractivity contribution in [3.63, 3.8) is 0 Å². The van der Waals surface area contributed by atoms with Crippen LogP contribution in [0.25, 0.3) is 0 Å². The Morgan fingerprint density at radius 2 is 0.629 bits per heavy atom. The molecule has 0 fully saturated rings. The van der Waals surface area contributed by atoms with E-state index in [9.17, 15) is 14.4 Å². The third-order valence-electron chi connectivity index (χ3n) is 11.6. The van der Waals surface area contributed by atoms with Gasteiger partial charge >= 0.3 is 17.9 Å². The average molecular weight is 869 g/mol. The SMILES string of the molecule is CC/C=C\C/C=C\C/C=C\C/C=C\CCC(=O)OCC(COC(=O)CCCCCCCCCCCCCCCCCC)OC(=O)CCCCCCCCCCCCCCCCC. The van der Waals surface area contributed by atoms with Crippen molar-refractivity contribution >= 4 is 17.9 Å².